The average molecular weight is 309 g/mol. The van der Waals surface area contributed by atoms with Crippen LogP contribution in [0, 0.1) is 28.8 Å². The van der Waals surface area contributed by atoms with Gasteiger partial charge < -0.3 is 0 Å². The van der Waals surface area contributed by atoms with Gasteiger partial charge in [0.05, 0.1) is 11.1 Å². The van der Waals surface area contributed by atoms with E-state index in [0.29, 0.717) is 0 Å². The van der Waals surface area contributed by atoms with Gasteiger partial charge in [-0.25, -0.2) is 13.2 Å². The Morgan fingerprint density at radius 2 is 1.04 bits per heavy atom. The molecule has 0 radical (unpaired) electrons. The van der Waals surface area contributed by atoms with Crippen molar-refractivity contribution in [2.24, 2.45) is 0 Å². The monoisotopic (exact) mass is 309 g/mol. The summed E-state index contributed by atoms with van der Waals surface area (Å²) in [4.78, 5) is 0. The van der Waals surface area contributed by atoms with Crippen molar-refractivity contribution in [3.63, 3.8) is 0 Å². The van der Waals surface area contributed by atoms with Crippen molar-refractivity contribution in [3.05, 3.63) is 83.7 Å². The number of halogens is 3. The second kappa shape index (κ2) is 5.98. The molecule has 112 valence electrons. The van der Waals surface area contributed by atoms with E-state index in [0.717, 1.165) is 0 Å². The van der Waals surface area contributed by atoms with Gasteiger partial charge in [-0.1, -0.05) is 60.7 Å². The summed E-state index contributed by atoms with van der Waals surface area (Å²) < 4.78 is 43.8. The van der Waals surface area contributed by atoms with Crippen molar-refractivity contribution in [1.29, 1.82) is 5.26 Å². The first-order valence-corrected chi connectivity index (χ1v) is 6.86. The maximum absolute atomic E-state index is 14.7. The standard InChI is InChI=1S/C19H10F3N/c20-17-14(11-23)15(12-7-3-1-4-8-12)18(21)19(22)16(17)13-9-5-2-6-10-13/h1-10H. The summed E-state index contributed by atoms with van der Waals surface area (Å²) in [6.07, 6.45) is 0. The predicted octanol–water partition coefficient (Wildman–Crippen LogP) is 5.31. The first kappa shape index (κ1) is 14.9. The van der Waals surface area contributed by atoms with Gasteiger partial charge in [0.1, 0.15) is 6.07 Å². The zero-order valence-electron chi connectivity index (χ0n) is 11.9. The Kier molecular flexibility index (Phi) is 3.86. The molecule has 4 heteroatoms. The molecule has 0 atom stereocenters. The molecule has 0 N–H and O–H groups in total. The summed E-state index contributed by atoms with van der Waals surface area (Å²) in [7, 11) is 0. The minimum atomic E-state index is -1.30. The molecule has 23 heavy (non-hydrogen) atoms. The lowest BCUT2D eigenvalue weighted by Gasteiger charge is -2.13. The molecule has 3 aromatic carbocycles. The van der Waals surface area contributed by atoms with Crippen LogP contribution in [0.4, 0.5) is 13.2 Å². The molecule has 0 saturated carbocycles. The molecule has 0 aliphatic heterocycles. The maximum Gasteiger partial charge on any atom is 0.170 e. The van der Waals surface area contributed by atoms with E-state index in [2.05, 4.69) is 0 Å². The highest BCUT2D eigenvalue weighted by molar-refractivity contribution is 5.78. The van der Waals surface area contributed by atoms with Gasteiger partial charge in [0.25, 0.3) is 0 Å². The lowest BCUT2D eigenvalue weighted by molar-refractivity contribution is 0.500. The summed E-state index contributed by atoms with van der Waals surface area (Å²) in [5.74, 6) is -3.59. The van der Waals surface area contributed by atoms with E-state index in [1.54, 1.807) is 42.5 Å². The molecule has 3 rings (SSSR count). The van der Waals surface area contributed by atoms with Gasteiger partial charge in [-0.05, 0) is 11.1 Å². The number of benzene rings is 3. The van der Waals surface area contributed by atoms with E-state index < -0.39 is 28.6 Å². The summed E-state index contributed by atoms with van der Waals surface area (Å²) in [5, 5.41) is 9.27. The third kappa shape index (κ3) is 2.47. The zero-order chi connectivity index (χ0) is 16.4. The van der Waals surface area contributed by atoms with Crippen LogP contribution in [-0.4, -0.2) is 0 Å². The van der Waals surface area contributed by atoms with Gasteiger partial charge in [-0.2, -0.15) is 5.26 Å². The van der Waals surface area contributed by atoms with Gasteiger partial charge in [-0.3, -0.25) is 0 Å². The summed E-state index contributed by atoms with van der Waals surface area (Å²) in [5.41, 5.74) is -0.965. The fraction of sp³-hybridized carbons (Fsp3) is 0. The fourth-order valence-corrected chi connectivity index (χ4v) is 2.50. The first-order valence-electron chi connectivity index (χ1n) is 6.86. The van der Waals surface area contributed by atoms with Crippen molar-refractivity contribution in [2.45, 2.75) is 0 Å². The van der Waals surface area contributed by atoms with Crippen molar-refractivity contribution in [2.75, 3.05) is 0 Å². The quantitative estimate of drug-likeness (QED) is 0.589. The molecule has 0 saturated heterocycles. The molecular formula is C19H10F3N. The molecule has 0 heterocycles. The SMILES string of the molecule is N#Cc1c(F)c(-c2ccccc2)c(F)c(F)c1-c1ccccc1. The number of nitrogens with zero attached hydrogens (tertiary/aromatic N) is 1. The van der Waals surface area contributed by atoms with Gasteiger partial charge in [0.2, 0.25) is 0 Å². The van der Waals surface area contributed by atoms with Crippen LogP contribution in [0.5, 0.6) is 0 Å². The van der Waals surface area contributed by atoms with Crippen LogP contribution in [0.25, 0.3) is 22.3 Å². The number of hydrogen-bond acceptors (Lipinski definition) is 1. The van der Waals surface area contributed by atoms with Crippen molar-refractivity contribution < 1.29 is 13.2 Å². The molecule has 3 aromatic rings. The second-order valence-corrected chi connectivity index (χ2v) is 4.91. The summed E-state index contributed by atoms with van der Waals surface area (Å²) >= 11 is 0. The molecule has 0 aromatic heterocycles. The molecule has 0 aliphatic carbocycles. The van der Waals surface area contributed by atoms with Crippen molar-refractivity contribution in [1.82, 2.24) is 0 Å². The van der Waals surface area contributed by atoms with E-state index in [-0.39, 0.29) is 16.7 Å². The van der Waals surface area contributed by atoms with Crippen molar-refractivity contribution >= 4 is 0 Å². The first-order chi connectivity index (χ1) is 11.1. The molecule has 1 nitrogen and oxygen atoms in total. The third-order valence-electron chi connectivity index (χ3n) is 3.56. The number of hydrogen-bond donors (Lipinski definition) is 0. The molecule has 0 aliphatic rings. The number of rotatable bonds is 2. The highest BCUT2D eigenvalue weighted by Crippen LogP contribution is 2.37. The Bertz CT molecular complexity index is 898. The van der Waals surface area contributed by atoms with Gasteiger partial charge in [0, 0.05) is 5.56 Å². The van der Waals surface area contributed by atoms with Gasteiger partial charge in [0.15, 0.2) is 17.5 Å². The Balaban J connectivity index is 2.37. The lowest BCUT2D eigenvalue weighted by Crippen LogP contribution is -2.03. The highest BCUT2D eigenvalue weighted by Gasteiger charge is 2.26. The zero-order valence-corrected chi connectivity index (χ0v) is 11.9. The van der Waals surface area contributed by atoms with Crippen molar-refractivity contribution in [3.8, 4) is 28.3 Å². The Morgan fingerprint density at radius 1 is 0.609 bits per heavy atom. The van der Waals surface area contributed by atoms with E-state index >= 15 is 0 Å². The smallest absolute Gasteiger partial charge is 0.170 e. The second-order valence-electron chi connectivity index (χ2n) is 4.91. The van der Waals surface area contributed by atoms with E-state index in [4.69, 9.17) is 0 Å². The predicted molar refractivity (Wildman–Crippen MR) is 81.9 cm³/mol. The molecule has 0 bridgehead atoms. The summed E-state index contributed by atoms with van der Waals surface area (Å²) in [6, 6.07) is 17.3. The van der Waals surface area contributed by atoms with Crippen LogP contribution in [0.15, 0.2) is 60.7 Å². The van der Waals surface area contributed by atoms with Crippen LogP contribution in [0.2, 0.25) is 0 Å². The summed E-state index contributed by atoms with van der Waals surface area (Å²) in [6.45, 7) is 0. The maximum atomic E-state index is 14.7. The molecule has 0 amide bonds. The van der Waals surface area contributed by atoms with Crippen LogP contribution in [0.1, 0.15) is 5.56 Å². The van der Waals surface area contributed by atoms with Crippen LogP contribution in [0.3, 0.4) is 0 Å². The minimum Gasteiger partial charge on any atom is -0.205 e. The van der Waals surface area contributed by atoms with Crippen LogP contribution < -0.4 is 0 Å². The molecular weight excluding hydrogens is 299 g/mol. The molecule has 0 unspecified atom stereocenters. The lowest BCUT2D eigenvalue weighted by atomic mass is 9.93. The van der Waals surface area contributed by atoms with Gasteiger partial charge >= 0.3 is 0 Å². The Labute approximate surface area is 131 Å². The molecule has 0 spiro atoms. The minimum absolute atomic E-state index is 0.178. The van der Waals surface area contributed by atoms with Crippen LogP contribution >= 0.6 is 0 Å². The largest absolute Gasteiger partial charge is 0.205 e. The fourth-order valence-electron chi connectivity index (χ4n) is 2.50. The van der Waals surface area contributed by atoms with E-state index in [1.165, 1.54) is 24.3 Å². The van der Waals surface area contributed by atoms with Crippen LogP contribution in [-0.2, 0) is 0 Å². The Morgan fingerprint density at radius 3 is 1.52 bits per heavy atom. The van der Waals surface area contributed by atoms with E-state index in [9.17, 15) is 18.4 Å². The normalized spacial score (nSPS) is 10.3. The highest BCUT2D eigenvalue weighted by atomic mass is 19.2. The average Bonchev–Trinajstić information content (AvgIpc) is 2.59. The molecule has 0 fully saturated rings. The number of nitriles is 1. The Hall–Kier alpha value is -3.06. The van der Waals surface area contributed by atoms with Gasteiger partial charge in [-0.15, -0.1) is 0 Å². The topological polar surface area (TPSA) is 23.8 Å². The van der Waals surface area contributed by atoms with E-state index in [1.807, 2.05) is 0 Å². The third-order valence-corrected chi connectivity index (χ3v) is 3.56.